The molecule has 2 aromatic carbocycles. The predicted octanol–water partition coefficient (Wildman–Crippen LogP) is 2.15. The molecular weight excluding hydrogens is 527 g/mol. The van der Waals surface area contributed by atoms with E-state index in [4.69, 9.17) is 0 Å². The Morgan fingerprint density at radius 3 is 1.75 bits per heavy atom. The van der Waals surface area contributed by atoms with E-state index in [1.54, 1.807) is 11.1 Å². The molecule has 2 aliphatic carbocycles. The fourth-order valence-electron chi connectivity index (χ4n) is 5.36. The first kappa shape index (κ1) is 27.8. The molecule has 0 aromatic heterocycles. The molecule has 4 rings (SSSR count). The van der Waals surface area contributed by atoms with Crippen molar-refractivity contribution in [2.45, 2.75) is 63.7 Å². The largest absolute Gasteiger partial charge is 1.00 e. The van der Waals surface area contributed by atoms with Gasteiger partial charge in [-0.05, 0) is 0 Å². The van der Waals surface area contributed by atoms with E-state index in [9.17, 15) is 0 Å². The summed E-state index contributed by atoms with van der Waals surface area (Å²) in [6, 6.07) is 17.5. The fourth-order valence-corrected chi connectivity index (χ4v) is 32.5. The minimum atomic E-state index is -1.95. The molecule has 0 nitrogen and oxygen atoms in total. The Kier molecular flexibility index (Phi) is 10.3. The van der Waals surface area contributed by atoms with Crippen molar-refractivity contribution in [3.8, 4) is 11.1 Å². The smallest absolute Gasteiger partial charge is 1.00 e. The van der Waals surface area contributed by atoms with E-state index in [1.807, 2.05) is 3.28 Å². The molecule has 0 aliphatic heterocycles. The molecular formula is C28H36Cl2SiZr. The van der Waals surface area contributed by atoms with Gasteiger partial charge in [0.05, 0.1) is 0 Å². The molecule has 0 N–H and O–H groups in total. The Hall–Kier alpha value is -0.400. The van der Waals surface area contributed by atoms with Gasteiger partial charge in [0.15, 0.2) is 0 Å². The zero-order valence-corrected chi connectivity index (χ0v) is 25.3. The molecule has 170 valence electrons. The van der Waals surface area contributed by atoms with Crippen LogP contribution in [0, 0.1) is 25.7 Å². The predicted molar refractivity (Wildman–Crippen MR) is 130 cm³/mol. The average molecular weight is 563 g/mol. The van der Waals surface area contributed by atoms with Crippen molar-refractivity contribution in [3.05, 3.63) is 80.2 Å². The molecule has 0 atom stereocenters. The van der Waals surface area contributed by atoms with Crippen LogP contribution in [0.1, 0.15) is 60.0 Å². The fraction of sp³-hybridized carbons (Fsp3) is 0.429. The van der Waals surface area contributed by atoms with Crippen LogP contribution < -0.4 is 24.8 Å². The Bertz CT molecular complexity index is 1000. The summed E-state index contributed by atoms with van der Waals surface area (Å²) in [7, 11) is 0. The first-order chi connectivity index (χ1) is 14.3. The second-order valence-corrected chi connectivity index (χ2v) is 25.6. The van der Waals surface area contributed by atoms with Gasteiger partial charge < -0.3 is 24.8 Å². The second-order valence-electron chi connectivity index (χ2n) is 10.2. The molecule has 32 heavy (non-hydrogen) atoms. The number of allylic oxidation sites excluding steroid dienone is 4. The van der Waals surface area contributed by atoms with Crippen LogP contribution >= 0.6 is 0 Å². The van der Waals surface area contributed by atoms with Gasteiger partial charge in [-0.25, -0.2) is 0 Å². The Labute approximate surface area is 216 Å². The van der Waals surface area contributed by atoms with Crippen molar-refractivity contribution in [1.29, 1.82) is 0 Å². The topological polar surface area (TPSA) is 0 Å². The van der Waals surface area contributed by atoms with Crippen LogP contribution in [0.5, 0.6) is 0 Å². The number of fused-ring (bicyclic) bond motifs is 3. The number of hydrogen-bond donors (Lipinski definition) is 0. The van der Waals surface area contributed by atoms with Gasteiger partial charge in [-0.1, -0.05) is 0 Å². The Balaban J connectivity index is 0.00000181. The van der Waals surface area contributed by atoms with Crippen molar-refractivity contribution >= 4 is 5.43 Å². The zero-order chi connectivity index (χ0) is 21.4. The average Bonchev–Trinajstić information content (AvgIpc) is 3.28. The van der Waals surface area contributed by atoms with E-state index in [1.165, 1.54) is 40.8 Å². The third-order valence-electron chi connectivity index (χ3n) is 6.42. The maximum atomic E-state index is 2.54. The van der Waals surface area contributed by atoms with Gasteiger partial charge in [-0.15, -0.1) is 0 Å². The minimum Gasteiger partial charge on any atom is -1.00 e. The molecule has 0 unspecified atom stereocenters. The molecule has 0 radical (unpaired) electrons. The van der Waals surface area contributed by atoms with Crippen LogP contribution in [0.2, 0.25) is 12.1 Å². The number of aryl methyl sites for hydroxylation is 2. The molecule has 0 saturated carbocycles. The molecule has 4 heteroatoms. The summed E-state index contributed by atoms with van der Waals surface area (Å²) >= 11 is -1.95. The number of hydrogen-bond acceptors (Lipinski definition) is 0. The molecule has 0 saturated heterocycles. The summed E-state index contributed by atoms with van der Waals surface area (Å²) in [6.45, 7) is 14.4. The van der Waals surface area contributed by atoms with Crippen LogP contribution in [-0.2, 0) is 20.4 Å². The first-order valence-electron chi connectivity index (χ1n) is 11.6. The van der Waals surface area contributed by atoms with Crippen LogP contribution in [0.25, 0.3) is 11.1 Å². The van der Waals surface area contributed by atoms with E-state index in [-0.39, 0.29) is 30.2 Å². The molecule has 2 aliphatic rings. The summed E-state index contributed by atoms with van der Waals surface area (Å²) in [5.41, 5.74) is 8.88. The summed E-state index contributed by atoms with van der Waals surface area (Å²) in [5.74, 6) is 1.64. The van der Waals surface area contributed by atoms with Crippen molar-refractivity contribution < 1.29 is 45.2 Å². The monoisotopic (exact) mass is 560 g/mol. The van der Waals surface area contributed by atoms with Gasteiger partial charge in [0.2, 0.25) is 0 Å². The second kappa shape index (κ2) is 11.8. The maximum absolute atomic E-state index is 2.54. The molecule has 0 bridgehead atoms. The maximum Gasteiger partial charge on any atom is -1.00 e. The summed E-state index contributed by atoms with van der Waals surface area (Å²) < 4.78 is 2.61. The van der Waals surface area contributed by atoms with Crippen molar-refractivity contribution in [2.24, 2.45) is 11.8 Å². The van der Waals surface area contributed by atoms with Crippen LogP contribution in [0.4, 0.5) is 0 Å². The van der Waals surface area contributed by atoms with E-state index in [0.717, 1.165) is 15.5 Å². The zero-order valence-electron chi connectivity index (χ0n) is 20.3. The Morgan fingerprint density at radius 2 is 1.34 bits per heavy atom. The number of halogens is 2. The molecule has 0 amide bonds. The van der Waals surface area contributed by atoms with E-state index >= 15 is 0 Å². The van der Waals surface area contributed by atoms with Crippen LogP contribution in [0.15, 0.2) is 57.9 Å². The van der Waals surface area contributed by atoms with E-state index in [0.29, 0.717) is 0 Å². The van der Waals surface area contributed by atoms with Gasteiger partial charge in [0, 0.05) is 0 Å². The minimum absolute atomic E-state index is 0. The van der Waals surface area contributed by atoms with Gasteiger partial charge in [0.1, 0.15) is 0 Å². The molecule has 0 spiro atoms. The molecule has 0 heterocycles. The summed E-state index contributed by atoms with van der Waals surface area (Å²) in [4.78, 5) is 0. The quantitative estimate of drug-likeness (QED) is 0.474. The Morgan fingerprint density at radius 1 is 0.844 bits per heavy atom. The molecule has 2 aromatic rings. The van der Waals surface area contributed by atoms with Crippen molar-refractivity contribution in [3.63, 3.8) is 0 Å². The summed E-state index contributed by atoms with van der Waals surface area (Å²) in [6.07, 6.45) is 8.55. The third kappa shape index (κ3) is 5.80. The van der Waals surface area contributed by atoms with Crippen LogP contribution in [0.3, 0.4) is 0 Å². The standard InChI is InChI=1S/C15H13.C8H18Si.C5H5.2ClH.Zr/c1-10-3-5-14-12(7-10)9-13-8-11(2)4-6-15(13)14;1-7(2)5-9-6-8(3)4;1-2-4-5-3-1;;;/h3-9H,1-2H3;7-8H,5-6H2,1-4H3;1-3H,4H2;2*1H;/q;;;;;+2/p-2. The van der Waals surface area contributed by atoms with Gasteiger partial charge >= 0.3 is 193 Å². The third-order valence-corrected chi connectivity index (χ3v) is 27.6. The van der Waals surface area contributed by atoms with Gasteiger partial charge in [-0.3, -0.25) is 0 Å². The number of benzene rings is 2. The van der Waals surface area contributed by atoms with Gasteiger partial charge in [-0.2, -0.15) is 0 Å². The van der Waals surface area contributed by atoms with Crippen LogP contribution in [-0.4, -0.2) is 5.43 Å². The SMILES string of the molecule is Cc1ccc2c(c1)[CH]([Zr+2]([C]1=CC=CC1)=[Si](CC(C)C)CC(C)C)c1cc(C)ccc1-2.[Cl-].[Cl-]. The van der Waals surface area contributed by atoms with E-state index < -0.39 is 20.4 Å². The molecule has 0 fully saturated rings. The summed E-state index contributed by atoms with van der Waals surface area (Å²) in [5, 5.41) is 0. The van der Waals surface area contributed by atoms with Crippen molar-refractivity contribution in [2.75, 3.05) is 0 Å². The first-order valence-corrected chi connectivity index (χ1v) is 19.9. The number of rotatable bonds is 6. The van der Waals surface area contributed by atoms with Gasteiger partial charge in [0.25, 0.3) is 0 Å². The van der Waals surface area contributed by atoms with Crippen molar-refractivity contribution in [1.82, 2.24) is 0 Å². The van der Waals surface area contributed by atoms with E-state index in [2.05, 4.69) is 96.2 Å². The normalized spacial score (nSPS) is 13.8.